The third-order valence-corrected chi connectivity index (χ3v) is 3.85. The lowest BCUT2D eigenvalue weighted by Gasteiger charge is -2.14. The van der Waals surface area contributed by atoms with Crippen molar-refractivity contribution >= 4 is 15.9 Å². The van der Waals surface area contributed by atoms with Crippen molar-refractivity contribution in [2.75, 3.05) is 7.05 Å². The fourth-order valence-corrected chi connectivity index (χ4v) is 2.35. The molecule has 0 saturated heterocycles. The van der Waals surface area contributed by atoms with E-state index >= 15 is 0 Å². The van der Waals surface area contributed by atoms with Gasteiger partial charge in [-0.3, -0.25) is 0 Å². The van der Waals surface area contributed by atoms with Crippen molar-refractivity contribution in [3.8, 4) is 5.75 Å². The summed E-state index contributed by atoms with van der Waals surface area (Å²) in [6.07, 6.45) is 0. The van der Waals surface area contributed by atoms with E-state index in [0.717, 1.165) is 10.0 Å². The minimum absolute atomic E-state index is 0.214. The van der Waals surface area contributed by atoms with Crippen LogP contribution in [0.2, 0.25) is 0 Å². The Morgan fingerprint density at radius 2 is 2.00 bits per heavy atom. The molecular weight excluding hydrogens is 321 g/mol. The van der Waals surface area contributed by atoms with Gasteiger partial charge < -0.3 is 10.1 Å². The molecule has 106 valence electrons. The van der Waals surface area contributed by atoms with E-state index in [-0.39, 0.29) is 18.5 Å². The number of rotatable bonds is 5. The summed E-state index contributed by atoms with van der Waals surface area (Å²) in [5.74, 6) is 0.462. The Morgan fingerprint density at radius 1 is 1.25 bits per heavy atom. The maximum Gasteiger partial charge on any atom is 0.134 e. The zero-order valence-corrected chi connectivity index (χ0v) is 13.1. The first-order valence-electron chi connectivity index (χ1n) is 6.44. The van der Waals surface area contributed by atoms with Crippen LogP contribution in [0.1, 0.15) is 24.1 Å². The van der Waals surface area contributed by atoms with Gasteiger partial charge in [0, 0.05) is 11.6 Å². The fraction of sp³-hybridized carbons (Fsp3) is 0.250. The zero-order valence-electron chi connectivity index (χ0n) is 11.5. The summed E-state index contributed by atoms with van der Waals surface area (Å²) in [6.45, 7) is 2.30. The molecule has 1 unspecified atom stereocenters. The summed E-state index contributed by atoms with van der Waals surface area (Å²) in [6, 6.07) is 12.8. The van der Waals surface area contributed by atoms with Crippen LogP contribution < -0.4 is 10.1 Å². The van der Waals surface area contributed by atoms with Crippen LogP contribution in [0.5, 0.6) is 5.75 Å². The van der Waals surface area contributed by atoms with Crippen molar-refractivity contribution in [1.29, 1.82) is 0 Å². The van der Waals surface area contributed by atoms with Gasteiger partial charge in [-0.15, -0.1) is 0 Å². The summed E-state index contributed by atoms with van der Waals surface area (Å²) in [7, 11) is 1.92. The second kappa shape index (κ2) is 6.86. The molecule has 0 aromatic heterocycles. The summed E-state index contributed by atoms with van der Waals surface area (Å²) in [5.41, 5.74) is 1.71. The van der Waals surface area contributed by atoms with Crippen LogP contribution in [0.4, 0.5) is 4.39 Å². The van der Waals surface area contributed by atoms with Crippen molar-refractivity contribution in [2.45, 2.75) is 19.6 Å². The van der Waals surface area contributed by atoms with Gasteiger partial charge in [0.1, 0.15) is 18.2 Å². The third kappa shape index (κ3) is 3.58. The van der Waals surface area contributed by atoms with Crippen LogP contribution in [-0.2, 0) is 6.61 Å². The standard InChI is InChI=1S/C16H17BrFNO/c1-11(19-2)12-7-8-16(14(17)9-12)20-10-13-5-3-4-6-15(13)18/h3-9,11,19H,10H2,1-2H3. The Hall–Kier alpha value is -1.39. The van der Waals surface area contributed by atoms with Crippen molar-refractivity contribution in [1.82, 2.24) is 5.32 Å². The molecule has 0 amide bonds. The number of hydrogen-bond donors (Lipinski definition) is 1. The molecule has 0 radical (unpaired) electrons. The van der Waals surface area contributed by atoms with Crippen LogP contribution in [0.3, 0.4) is 0 Å². The van der Waals surface area contributed by atoms with Gasteiger partial charge in [0.2, 0.25) is 0 Å². The van der Waals surface area contributed by atoms with Gasteiger partial charge in [0.05, 0.1) is 4.47 Å². The second-order valence-corrected chi connectivity index (χ2v) is 5.43. The number of benzene rings is 2. The van der Waals surface area contributed by atoms with Crippen LogP contribution in [0, 0.1) is 5.82 Å². The molecule has 1 atom stereocenters. The predicted molar refractivity (Wildman–Crippen MR) is 82.3 cm³/mol. The molecule has 2 aromatic rings. The molecule has 0 fully saturated rings. The van der Waals surface area contributed by atoms with E-state index in [0.29, 0.717) is 11.3 Å². The average molecular weight is 338 g/mol. The summed E-state index contributed by atoms with van der Waals surface area (Å²) < 4.78 is 20.0. The topological polar surface area (TPSA) is 21.3 Å². The minimum atomic E-state index is -0.246. The van der Waals surface area contributed by atoms with E-state index < -0.39 is 0 Å². The van der Waals surface area contributed by atoms with Crippen LogP contribution in [0.25, 0.3) is 0 Å². The van der Waals surface area contributed by atoms with Gasteiger partial charge in [-0.1, -0.05) is 24.3 Å². The molecule has 4 heteroatoms. The first-order chi connectivity index (χ1) is 9.61. The lowest BCUT2D eigenvalue weighted by atomic mass is 10.1. The fourth-order valence-electron chi connectivity index (χ4n) is 1.84. The average Bonchev–Trinajstić information content (AvgIpc) is 2.46. The molecule has 0 aliphatic carbocycles. The van der Waals surface area contributed by atoms with Gasteiger partial charge >= 0.3 is 0 Å². The normalized spacial score (nSPS) is 12.2. The molecule has 0 aliphatic rings. The first-order valence-corrected chi connectivity index (χ1v) is 7.24. The van der Waals surface area contributed by atoms with Crippen LogP contribution >= 0.6 is 15.9 Å². The van der Waals surface area contributed by atoms with Crippen molar-refractivity contribution in [3.63, 3.8) is 0 Å². The Labute approximate surface area is 127 Å². The lowest BCUT2D eigenvalue weighted by molar-refractivity contribution is 0.298. The smallest absolute Gasteiger partial charge is 0.134 e. The Kier molecular flexibility index (Phi) is 5.15. The van der Waals surface area contributed by atoms with E-state index in [1.807, 2.05) is 25.2 Å². The molecule has 2 aromatic carbocycles. The van der Waals surface area contributed by atoms with Gasteiger partial charge in [0.15, 0.2) is 0 Å². The summed E-state index contributed by atoms with van der Waals surface area (Å²) >= 11 is 3.49. The first kappa shape index (κ1) is 15.0. The second-order valence-electron chi connectivity index (χ2n) is 4.58. The third-order valence-electron chi connectivity index (χ3n) is 3.23. The monoisotopic (exact) mass is 337 g/mol. The van der Waals surface area contributed by atoms with E-state index in [4.69, 9.17) is 4.74 Å². The number of halogens is 2. The Bertz CT molecular complexity index is 588. The molecule has 20 heavy (non-hydrogen) atoms. The highest BCUT2D eigenvalue weighted by Crippen LogP contribution is 2.29. The van der Waals surface area contributed by atoms with Gasteiger partial charge in [-0.05, 0) is 53.7 Å². The zero-order chi connectivity index (χ0) is 14.5. The van der Waals surface area contributed by atoms with Crippen LogP contribution in [-0.4, -0.2) is 7.05 Å². The molecule has 0 saturated carbocycles. The highest BCUT2D eigenvalue weighted by Gasteiger charge is 2.08. The number of nitrogens with one attached hydrogen (secondary N) is 1. The number of hydrogen-bond acceptors (Lipinski definition) is 2. The quantitative estimate of drug-likeness (QED) is 0.870. The Balaban J connectivity index is 2.09. The van der Waals surface area contributed by atoms with E-state index in [2.05, 4.69) is 28.2 Å². The van der Waals surface area contributed by atoms with E-state index in [1.54, 1.807) is 18.2 Å². The summed E-state index contributed by atoms with van der Waals surface area (Å²) in [4.78, 5) is 0. The molecule has 2 nitrogen and oxygen atoms in total. The SMILES string of the molecule is CNC(C)c1ccc(OCc2ccccc2F)c(Br)c1. The highest BCUT2D eigenvalue weighted by molar-refractivity contribution is 9.10. The van der Waals surface area contributed by atoms with E-state index in [9.17, 15) is 4.39 Å². The Morgan fingerprint density at radius 3 is 2.65 bits per heavy atom. The van der Waals surface area contributed by atoms with Gasteiger partial charge in [-0.25, -0.2) is 4.39 Å². The summed E-state index contributed by atoms with van der Waals surface area (Å²) in [5, 5.41) is 3.18. The molecule has 0 spiro atoms. The largest absolute Gasteiger partial charge is 0.488 e. The number of ether oxygens (including phenoxy) is 1. The van der Waals surface area contributed by atoms with Crippen molar-refractivity contribution in [3.05, 3.63) is 63.9 Å². The molecular formula is C16H17BrFNO. The van der Waals surface area contributed by atoms with Crippen molar-refractivity contribution < 1.29 is 9.13 Å². The molecule has 2 rings (SSSR count). The van der Waals surface area contributed by atoms with Gasteiger partial charge in [0.25, 0.3) is 0 Å². The van der Waals surface area contributed by atoms with Gasteiger partial charge in [-0.2, -0.15) is 0 Å². The predicted octanol–water partition coefficient (Wildman–Crippen LogP) is 4.45. The maximum atomic E-state index is 13.5. The molecule has 1 N–H and O–H groups in total. The van der Waals surface area contributed by atoms with Crippen LogP contribution in [0.15, 0.2) is 46.9 Å². The molecule has 0 aliphatic heterocycles. The lowest BCUT2D eigenvalue weighted by Crippen LogP contribution is -2.12. The molecule has 0 heterocycles. The van der Waals surface area contributed by atoms with E-state index in [1.165, 1.54) is 6.07 Å². The minimum Gasteiger partial charge on any atom is -0.488 e. The highest BCUT2D eigenvalue weighted by atomic mass is 79.9. The van der Waals surface area contributed by atoms with Crippen molar-refractivity contribution in [2.24, 2.45) is 0 Å². The maximum absolute atomic E-state index is 13.5. The molecule has 0 bridgehead atoms.